The molecule has 3 aromatic carbocycles. The number of sulfone groups is 1. The Kier molecular flexibility index (Phi) is 5.41. The van der Waals surface area contributed by atoms with Crippen molar-refractivity contribution < 1.29 is 8.42 Å². The molecule has 0 bridgehead atoms. The van der Waals surface area contributed by atoms with E-state index < -0.39 is 9.84 Å². The van der Waals surface area contributed by atoms with Crippen LogP contribution in [0.3, 0.4) is 0 Å². The van der Waals surface area contributed by atoms with Crippen LogP contribution in [0.4, 0.5) is 0 Å². The van der Waals surface area contributed by atoms with E-state index in [2.05, 4.69) is 0 Å². The van der Waals surface area contributed by atoms with E-state index in [-0.39, 0.29) is 0 Å². The molecule has 0 spiro atoms. The van der Waals surface area contributed by atoms with Gasteiger partial charge >= 0.3 is 0 Å². The number of hydrogen-bond donors (Lipinski definition) is 0. The van der Waals surface area contributed by atoms with Crippen LogP contribution in [0.15, 0.2) is 100 Å². The second kappa shape index (κ2) is 7.72. The Morgan fingerprint density at radius 3 is 1.96 bits per heavy atom. The highest BCUT2D eigenvalue weighted by Gasteiger charge is 2.22. The van der Waals surface area contributed by atoms with Crippen LogP contribution >= 0.6 is 11.8 Å². The fourth-order valence-corrected chi connectivity index (χ4v) is 4.89. The Balaban J connectivity index is 2.06. The molecule has 0 aliphatic rings. The first-order valence-electron chi connectivity index (χ1n) is 7.86. The Morgan fingerprint density at radius 2 is 1.36 bits per heavy atom. The lowest BCUT2D eigenvalue weighted by Gasteiger charge is -2.10. The lowest BCUT2D eigenvalue weighted by Crippen LogP contribution is -2.04. The molecule has 0 heterocycles. The third kappa shape index (κ3) is 4.21. The van der Waals surface area contributed by atoms with Crippen molar-refractivity contribution in [1.29, 1.82) is 0 Å². The number of hydrogen-bond acceptors (Lipinski definition) is 3. The largest absolute Gasteiger partial charge is 0.218 e. The van der Waals surface area contributed by atoms with Crippen LogP contribution in [-0.2, 0) is 9.84 Å². The van der Waals surface area contributed by atoms with Crippen LogP contribution in [-0.4, -0.2) is 8.42 Å². The Labute approximate surface area is 153 Å². The first-order chi connectivity index (χ1) is 12.1. The second-order valence-corrected chi connectivity index (χ2v) is 8.46. The van der Waals surface area contributed by atoms with Gasteiger partial charge < -0.3 is 0 Å². The first-order valence-corrected chi connectivity index (χ1v) is 10.2. The van der Waals surface area contributed by atoms with Crippen LogP contribution in [0, 0.1) is 6.92 Å². The van der Waals surface area contributed by atoms with Gasteiger partial charge in [-0.05, 0) is 42.2 Å². The highest BCUT2D eigenvalue weighted by molar-refractivity contribution is 8.05. The third-order valence-electron chi connectivity index (χ3n) is 3.72. The Bertz CT molecular complexity index is 959. The van der Waals surface area contributed by atoms with E-state index in [1.54, 1.807) is 17.5 Å². The molecule has 0 radical (unpaired) electrons. The molecule has 0 aromatic heterocycles. The zero-order chi connectivity index (χ0) is 17.7. The highest BCUT2D eigenvalue weighted by atomic mass is 32.2. The van der Waals surface area contributed by atoms with Crippen LogP contribution in [0.1, 0.15) is 11.1 Å². The summed E-state index contributed by atoms with van der Waals surface area (Å²) in [5, 5.41) is 1.72. The maximum Gasteiger partial charge on any atom is 0.207 e. The molecule has 2 nitrogen and oxygen atoms in total. The molecule has 0 atom stereocenters. The lowest BCUT2D eigenvalue weighted by atomic mass is 10.2. The summed E-state index contributed by atoms with van der Waals surface area (Å²) >= 11 is 1.41. The predicted octanol–water partition coefficient (Wildman–Crippen LogP) is 5.56. The Hall–Kier alpha value is -2.30. The average molecular weight is 367 g/mol. The standard InChI is InChI=1S/C21H18O2S2/c1-17-12-14-20(15-13-17)25(22,23)21(18-8-4-2-5-9-18)16-24-19-10-6-3-7-11-19/h2-16H,1H3/b21-16+. The molecule has 25 heavy (non-hydrogen) atoms. The third-order valence-corrected chi connectivity index (χ3v) is 6.60. The van der Waals surface area contributed by atoms with Gasteiger partial charge in [0.15, 0.2) is 0 Å². The summed E-state index contributed by atoms with van der Waals surface area (Å²) in [6, 6.07) is 25.9. The lowest BCUT2D eigenvalue weighted by molar-refractivity contribution is 0.606. The second-order valence-electron chi connectivity index (χ2n) is 5.60. The van der Waals surface area contributed by atoms with Crippen LogP contribution in [0.2, 0.25) is 0 Å². The molecular formula is C21H18O2S2. The van der Waals surface area contributed by atoms with Gasteiger partial charge in [0.1, 0.15) is 0 Å². The van der Waals surface area contributed by atoms with Gasteiger partial charge in [-0.2, -0.15) is 0 Å². The topological polar surface area (TPSA) is 34.1 Å². The van der Waals surface area contributed by atoms with E-state index >= 15 is 0 Å². The quantitative estimate of drug-likeness (QED) is 0.554. The van der Waals surface area contributed by atoms with E-state index in [0.29, 0.717) is 15.4 Å². The normalized spacial score (nSPS) is 12.1. The average Bonchev–Trinajstić information content (AvgIpc) is 2.64. The molecule has 0 saturated heterocycles. The maximum absolute atomic E-state index is 13.2. The summed E-state index contributed by atoms with van der Waals surface area (Å²) in [4.78, 5) is 1.61. The predicted molar refractivity (Wildman–Crippen MR) is 105 cm³/mol. The molecular weight excluding hydrogens is 348 g/mol. The van der Waals surface area contributed by atoms with Gasteiger partial charge in [0.2, 0.25) is 9.84 Å². The molecule has 0 aliphatic heterocycles. The van der Waals surface area contributed by atoms with Gasteiger partial charge in [-0.3, -0.25) is 0 Å². The summed E-state index contributed by atoms with van der Waals surface area (Å²) < 4.78 is 26.4. The fraction of sp³-hybridized carbons (Fsp3) is 0.0476. The van der Waals surface area contributed by atoms with E-state index in [9.17, 15) is 8.42 Å². The summed E-state index contributed by atoms with van der Waals surface area (Å²) in [7, 11) is -3.60. The van der Waals surface area contributed by atoms with Crippen LogP contribution < -0.4 is 0 Å². The van der Waals surface area contributed by atoms with Gasteiger partial charge in [-0.25, -0.2) is 8.42 Å². The van der Waals surface area contributed by atoms with Crippen LogP contribution in [0.5, 0.6) is 0 Å². The molecule has 0 saturated carbocycles. The molecule has 0 N–H and O–H groups in total. The zero-order valence-electron chi connectivity index (χ0n) is 13.8. The molecule has 0 amide bonds. The zero-order valence-corrected chi connectivity index (χ0v) is 15.4. The molecule has 4 heteroatoms. The van der Waals surface area contributed by atoms with Crippen molar-refractivity contribution in [2.45, 2.75) is 16.7 Å². The molecule has 0 aliphatic carbocycles. The SMILES string of the molecule is Cc1ccc(S(=O)(=O)/C(=C/Sc2ccccc2)c2ccccc2)cc1. The minimum atomic E-state index is -3.60. The van der Waals surface area contributed by atoms with Gasteiger partial charge in [0, 0.05) is 4.90 Å². The van der Waals surface area contributed by atoms with E-state index in [1.807, 2.05) is 79.7 Å². The van der Waals surface area contributed by atoms with Gasteiger partial charge in [-0.15, -0.1) is 0 Å². The van der Waals surface area contributed by atoms with Crippen molar-refractivity contribution >= 4 is 26.5 Å². The molecule has 126 valence electrons. The number of aryl methyl sites for hydroxylation is 1. The number of benzene rings is 3. The Morgan fingerprint density at radius 1 is 0.800 bits per heavy atom. The summed E-state index contributed by atoms with van der Waals surface area (Å²) in [6.45, 7) is 1.94. The van der Waals surface area contributed by atoms with E-state index in [1.165, 1.54) is 11.8 Å². The number of rotatable bonds is 5. The first kappa shape index (κ1) is 17.5. The summed E-state index contributed by atoms with van der Waals surface area (Å²) in [5.74, 6) is 0. The summed E-state index contributed by atoms with van der Waals surface area (Å²) in [6.07, 6.45) is 0. The highest BCUT2D eigenvalue weighted by Crippen LogP contribution is 2.32. The van der Waals surface area contributed by atoms with Crippen molar-refractivity contribution in [3.63, 3.8) is 0 Å². The van der Waals surface area contributed by atoms with Crippen molar-refractivity contribution in [3.8, 4) is 0 Å². The van der Waals surface area contributed by atoms with Crippen molar-refractivity contribution in [3.05, 3.63) is 101 Å². The minimum Gasteiger partial charge on any atom is -0.218 e. The van der Waals surface area contributed by atoms with E-state index in [4.69, 9.17) is 0 Å². The van der Waals surface area contributed by atoms with Crippen molar-refractivity contribution in [1.82, 2.24) is 0 Å². The molecule has 0 fully saturated rings. The molecule has 3 rings (SSSR count). The van der Waals surface area contributed by atoms with Crippen molar-refractivity contribution in [2.75, 3.05) is 0 Å². The molecule has 0 unspecified atom stereocenters. The monoisotopic (exact) mass is 366 g/mol. The molecule has 3 aromatic rings. The number of thioether (sulfide) groups is 1. The minimum absolute atomic E-state index is 0.307. The smallest absolute Gasteiger partial charge is 0.207 e. The fourth-order valence-electron chi connectivity index (χ4n) is 2.35. The maximum atomic E-state index is 13.2. The van der Waals surface area contributed by atoms with Crippen LogP contribution in [0.25, 0.3) is 4.91 Å². The van der Waals surface area contributed by atoms with E-state index in [0.717, 1.165) is 10.5 Å². The van der Waals surface area contributed by atoms with Gasteiger partial charge in [0.25, 0.3) is 0 Å². The van der Waals surface area contributed by atoms with Gasteiger partial charge in [-0.1, -0.05) is 78.0 Å². The van der Waals surface area contributed by atoms with Gasteiger partial charge in [0.05, 0.1) is 9.80 Å². The summed E-state index contributed by atoms with van der Waals surface area (Å²) in [5.41, 5.74) is 1.72. The van der Waals surface area contributed by atoms with Crippen molar-refractivity contribution in [2.24, 2.45) is 0 Å².